The van der Waals surface area contributed by atoms with Crippen molar-refractivity contribution in [2.24, 2.45) is 5.92 Å². The highest BCUT2D eigenvalue weighted by molar-refractivity contribution is 7.89. The first-order valence-electron chi connectivity index (χ1n) is 11.2. The number of sulfonamides is 1. The maximum Gasteiger partial charge on any atom is 0.260 e. The van der Waals surface area contributed by atoms with E-state index in [1.807, 2.05) is 0 Å². The summed E-state index contributed by atoms with van der Waals surface area (Å²) in [6, 6.07) is 4.88. The third-order valence-corrected chi connectivity index (χ3v) is 8.04. The fraction of sp³-hybridized carbons (Fsp3) is 0.667. The first kappa shape index (κ1) is 22.0. The zero-order chi connectivity index (χ0) is 21.8. The third kappa shape index (κ3) is 5.17. The minimum Gasteiger partial charge on any atom is -0.385 e. The summed E-state index contributed by atoms with van der Waals surface area (Å²) >= 11 is 0. The van der Waals surface area contributed by atoms with Gasteiger partial charge in [0.2, 0.25) is 10.0 Å². The number of amides is 1. The van der Waals surface area contributed by atoms with Crippen LogP contribution in [0, 0.1) is 5.92 Å². The van der Waals surface area contributed by atoms with Crippen molar-refractivity contribution in [1.82, 2.24) is 24.8 Å². The first-order valence-corrected chi connectivity index (χ1v) is 12.7. The van der Waals surface area contributed by atoms with Crippen molar-refractivity contribution in [3.05, 3.63) is 18.2 Å². The van der Waals surface area contributed by atoms with E-state index in [2.05, 4.69) is 22.6 Å². The minimum atomic E-state index is -3.61. The Balaban J connectivity index is 1.45. The molecular weight excluding hydrogens is 418 g/mol. The van der Waals surface area contributed by atoms with Crippen LogP contribution < -0.4 is 10.2 Å². The number of hydrogen-bond donors (Lipinski definition) is 1. The third-order valence-electron chi connectivity index (χ3n) is 6.18. The lowest BCUT2D eigenvalue weighted by atomic mass is 10.0. The Morgan fingerprint density at radius 2 is 1.94 bits per heavy atom. The van der Waals surface area contributed by atoms with Gasteiger partial charge in [-0.25, -0.2) is 8.42 Å². The summed E-state index contributed by atoms with van der Waals surface area (Å²) in [7, 11) is -3.61. The second-order valence-electron chi connectivity index (χ2n) is 8.75. The monoisotopic (exact) mass is 449 g/mol. The van der Waals surface area contributed by atoms with Gasteiger partial charge in [0.05, 0.1) is 4.90 Å². The lowest BCUT2D eigenvalue weighted by Gasteiger charge is -2.30. The maximum absolute atomic E-state index is 13.1. The van der Waals surface area contributed by atoms with Gasteiger partial charge in [-0.2, -0.15) is 4.31 Å². The molecule has 1 aliphatic carbocycles. The van der Waals surface area contributed by atoms with Crippen LogP contribution in [-0.2, 0) is 14.8 Å². The fourth-order valence-electron chi connectivity index (χ4n) is 4.46. The highest BCUT2D eigenvalue weighted by atomic mass is 32.2. The predicted molar refractivity (Wildman–Crippen MR) is 116 cm³/mol. The van der Waals surface area contributed by atoms with E-state index in [1.165, 1.54) is 23.2 Å². The molecule has 1 N–H and O–H groups in total. The summed E-state index contributed by atoms with van der Waals surface area (Å²) in [5, 5.41) is 11.0. The molecule has 2 fully saturated rings. The average Bonchev–Trinajstić information content (AvgIpc) is 2.98. The number of hydrogen-bond acceptors (Lipinski definition) is 6. The Labute approximate surface area is 183 Å². The normalized spacial score (nSPS) is 21.6. The van der Waals surface area contributed by atoms with Gasteiger partial charge >= 0.3 is 0 Å². The van der Waals surface area contributed by atoms with Crippen molar-refractivity contribution >= 4 is 27.0 Å². The number of aromatic nitrogens is 3. The van der Waals surface area contributed by atoms with Crippen LogP contribution in [-0.4, -0.2) is 59.5 Å². The van der Waals surface area contributed by atoms with Crippen molar-refractivity contribution in [2.45, 2.75) is 69.2 Å². The van der Waals surface area contributed by atoms with Crippen LogP contribution in [0.5, 0.6) is 0 Å². The Kier molecular flexibility index (Phi) is 6.76. The van der Waals surface area contributed by atoms with Crippen LogP contribution in [0.2, 0.25) is 0 Å². The summed E-state index contributed by atoms with van der Waals surface area (Å²) in [6.45, 7) is 2.92. The zero-order valence-electron chi connectivity index (χ0n) is 18.0. The molecule has 0 radical (unpaired) electrons. The molecule has 10 heteroatoms. The molecule has 9 nitrogen and oxygen atoms in total. The molecule has 1 aromatic heterocycles. The van der Waals surface area contributed by atoms with Gasteiger partial charge in [0, 0.05) is 19.1 Å². The van der Waals surface area contributed by atoms with E-state index in [1.54, 1.807) is 12.1 Å². The van der Waals surface area contributed by atoms with Gasteiger partial charge in [-0.05, 0) is 55.0 Å². The Morgan fingerprint density at radius 3 is 2.68 bits per heavy atom. The van der Waals surface area contributed by atoms with Crippen molar-refractivity contribution in [2.75, 3.05) is 19.7 Å². The SMILES string of the molecule is CC1CCCN(S(=O)(=O)c2ccc3nnn(OCC(=O)NC4CCCCCC4)c3c2)C1. The standard InChI is InChI=1S/C21H31N5O4S/c1-16-7-6-12-25(14-16)31(28,29)18-10-11-19-20(13-18)26(24-23-19)30-15-21(27)22-17-8-4-2-3-5-9-17/h10-11,13,16-17H,2-9,12,14-15H2,1H3,(H,22,27). The van der Waals surface area contributed by atoms with E-state index in [9.17, 15) is 13.2 Å². The zero-order valence-corrected chi connectivity index (χ0v) is 18.8. The van der Waals surface area contributed by atoms with Crippen LogP contribution >= 0.6 is 0 Å². The molecule has 1 aromatic carbocycles. The molecule has 0 spiro atoms. The van der Waals surface area contributed by atoms with Crippen molar-refractivity contribution in [3.8, 4) is 0 Å². The van der Waals surface area contributed by atoms with E-state index in [0.29, 0.717) is 30.0 Å². The summed E-state index contributed by atoms with van der Waals surface area (Å²) < 4.78 is 27.7. The van der Waals surface area contributed by atoms with Crippen LogP contribution in [0.4, 0.5) is 0 Å². The minimum absolute atomic E-state index is 0.184. The summed E-state index contributed by atoms with van der Waals surface area (Å²) in [5.41, 5.74) is 0.934. The smallest absolute Gasteiger partial charge is 0.260 e. The summed E-state index contributed by atoms with van der Waals surface area (Å²) in [6.07, 6.45) is 8.59. The van der Waals surface area contributed by atoms with Gasteiger partial charge in [0.25, 0.3) is 5.91 Å². The quantitative estimate of drug-likeness (QED) is 0.677. The number of carbonyl (C=O) groups excluding carboxylic acids is 1. The van der Waals surface area contributed by atoms with Gasteiger partial charge < -0.3 is 10.2 Å². The molecule has 1 saturated heterocycles. The molecule has 1 saturated carbocycles. The Bertz CT molecular complexity index is 1010. The topological polar surface area (TPSA) is 106 Å². The molecule has 2 heterocycles. The second-order valence-corrected chi connectivity index (χ2v) is 10.7. The van der Waals surface area contributed by atoms with E-state index in [0.717, 1.165) is 43.4 Å². The molecule has 31 heavy (non-hydrogen) atoms. The molecule has 170 valence electrons. The van der Waals surface area contributed by atoms with Crippen LogP contribution in [0.3, 0.4) is 0 Å². The molecule has 0 bridgehead atoms. The number of benzene rings is 1. The lowest BCUT2D eigenvalue weighted by Crippen LogP contribution is -2.39. The number of fused-ring (bicyclic) bond motifs is 1. The van der Waals surface area contributed by atoms with Gasteiger partial charge in [-0.1, -0.05) is 37.5 Å². The van der Waals surface area contributed by atoms with Crippen molar-refractivity contribution in [3.63, 3.8) is 0 Å². The molecule has 1 unspecified atom stereocenters. The fourth-order valence-corrected chi connectivity index (χ4v) is 6.08. The number of piperidine rings is 1. The highest BCUT2D eigenvalue weighted by Crippen LogP contribution is 2.25. The van der Waals surface area contributed by atoms with Gasteiger partial charge in [0.1, 0.15) is 11.0 Å². The second kappa shape index (κ2) is 9.52. The maximum atomic E-state index is 13.1. The predicted octanol–water partition coefficient (Wildman–Crippen LogP) is 2.12. The summed E-state index contributed by atoms with van der Waals surface area (Å²) in [4.78, 5) is 19.2. The average molecular weight is 450 g/mol. The molecule has 1 amide bonds. The van der Waals surface area contributed by atoms with E-state index < -0.39 is 10.0 Å². The molecule has 2 aliphatic rings. The van der Waals surface area contributed by atoms with Crippen molar-refractivity contribution < 1.29 is 18.0 Å². The molecule has 1 aliphatic heterocycles. The molecular formula is C21H31N5O4S. The van der Waals surface area contributed by atoms with Crippen LogP contribution in [0.1, 0.15) is 58.3 Å². The van der Waals surface area contributed by atoms with E-state index >= 15 is 0 Å². The van der Waals surface area contributed by atoms with Gasteiger partial charge in [-0.3, -0.25) is 4.79 Å². The van der Waals surface area contributed by atoms with Gasteiger partial charge in [0.15, 0.2) is 6.61 Å². The highest BCUT2D eigenvalue weighted by Gasteiger charge is 2.29. The number of rotatable bonds is 6. The Hall–Kier alpha value is -2.20. The van der Waals surface area contributed by atoms with E-state index in [-0.39, 0.29) is 23.5 Å². The van der Waals surface area contributed by atoms with E-state index in [4.69, 9.17) is 4.84 Å². The van der Waals surface area contributed by atoms with Crippen LogP contribution in [0.15, 0.2) is 23.1 Å². The van der Waals surface area contributed by atoms with Crippen LogP contribution in [0.25, 0.3) is 11.0 Å². The number of carbonyl (C=O) groups is 1. The largest absolute Gasteiger partial charge is 0.385 e. The molecule has 2 aromatic rings. The molecule has 4 rings (SSSR count). The van der Waals surface area contributed by atoms with Crippen molar-refractivity contribution in [1.29, 1.82) is 0 Å². The number of nitrogens with one attached hydrogen (secondary N) is 1. The van der Waals surface area contributed by atoms with Gasteiger partial charge in [-0.15, -0.1) is 5.10 Å². The molecule has 1 atom stereocenters. The summed E-state index contributed by atoms with van der Waals surface area (Å²) in [5.74, 6) is 0.136. The Morgan fingerprint density at radius 1 is 1.16 bits per heavy atom. The first-order chi connectivity index (χ1) is 14.9. The lowest BCUT2D eigenvalue weighted by molar-refractivity contribution is -0.127. The number of nitrogens with zero attached hydrogens (tertiary/aromatic N) is 4.